The fourth-order valence-electron chi connectivity index (χ4n) is 4.38. The van der Waals surface area contributed by atoms with Gasteiger partial charge in [-0.1, -0.05) is 42.5 Å². The molecule has 0 saturated carbocycles. The first-order chi connectivity index (χ1) is 16.0. The number of carbonyl (C=O) groups is 1. The van der Waals surface area contributed by atoms with Crippen LogP contribution in [-0.4, -0.2) is 20.4 Å². The predicted octanol–water partition coefficient (Wildman–Crippen LogP) is 5.33. The Morgan fingerprint density at radius 2 is 1.67 bits per heavy atom. The first-order valence-corrected chi connectivity index (χ1v) is 10.7. The van der Waals surface area contributed by atoms with Crippen molar-refractivity contribution in [2.45, 2.75) is 25.4 Å². The Hall–Kier alpha value is -4.13. The third kappa shape index (κ3) is 3.82. The Bertz CT molecular complexity index is 1370. The van der Waals surface area contributed by atoms with Crippen LogP contribution < -0.4 is 10.3 Å². The molecule has 2 heterocycles. The molecule has 1 aliphatic heterocycles. The van der Waals surface area contributed by atoms with Crippen LogP contribution in [0.3, 0.4) is 0 Å². The summed E-state index contributed by atoms with van der Waals surface area (Å²) in [5.41, 5.74) is 1.78. The Kier molecular flexibility index (Phi) is 5.30. The monoisotopic (exact) mass is 444 g/mol. The van der Waals surface area contributed by atoms with Crippen LogP contribution in [0.2, 0.25) is 0 Å². The number of aromatic nitrogens is 2. The van der Waals surface area contributed by atoms with Crippen molar-refractivity contribution in [1.82, 2.24) is 9.36 Å². The van der Waals surface area contributed by atoms with E-state index in [1.165, 1.54) is 16.8 Å². The fourth-order valence-corrected chi connectivity index (χ4v) is 4.38. The largest absolute Gasteiger partial charge is 0.480 e. The van der Waals surface area contributed by atoms with Gasteiger partial charge < -0.3 is 9.84 Å². The Morgan fingerprint density at radius 3 is 2.39 bits per heavy atom. The van der Waals surface area contributed by atoms with Crippen molar-refractivity contribution in [1.29, 1.82) is 0 Å². The summed E-state index contributed by atoms with van der Waals surface area (Å²) in [5, 5.41) is 9.75. The number of nitrogens with zero attached hydrogens (tertiary/aromatic N) is 2. The summed E-state index contributed by atoms with van der Waals surface area (Å²) in [6, 6.07) is 21.4. The third-order valence-corrected chi connectivity index (χ3v) is 5.82. The van der Waals surface area contributed by atoms with E-state index >= 15 is 0 Å². The minimum absolute atomic E-state index is 0.347. The number of benzene rings is 3. The maximum absolute atomic E-state index is 13.6. The van der Waals surface area contributed by atoms with E-state index in [0.29, 0.717) is 53.3 Å². The minimum Gasteiger partial charge on any atom is -0.480 e. The van der Waals surface area contributed by atoms with Gasteiger partial charge in [0.05, 0.1) is 11.3 Å². The highest BCUT2D eigenvalue weighted by atomic mass is 19.1. The molecule has 1 unspecified atom stereocenters. The molecule has 1 N–H and O–H groups in total. The summed E-state index contributed by atoms with van der Waals surface area (Å²) < 4.78 is 22.6. The molecular formula is C26H21FN2O4. The number of aliphatic carboxylic acids is 1. The normalized spacial score (nSPS) is 15.1. The van der Waals surface area contributed by atoms with Crippen molar-refractivity contribution >= 4 is 5.97 Å². The molecule has 3 aromatic carbocycles. The van der Waals surface area contributed by atoms with Crippen LogP contribution in [0.1, 0.15) is 18.9 Å². The predicted molar refractivity (Wildman–Crippen MR) is 122 cm³/mol. The van der Waals surface area contributed by atoms with Gasteiger partial charge in [-0.05, 0) is 54.8 Å². The minimum atomic E-state index is -1.05. The van der Waals surface area contributed by atoms with Crippen molar-refractivity contribution in [2.75, 3.05) is 0 Å². The zero-order valence-corrected chi connectivity index (χ0v) is 17.6. The van der Waals surface area contributed by atoms with Gasteiger partial charge in [0.25, 0.3) is 5.56 Å². The zero-order chi connectivity index (χ0) is 22.9. The lowest BCUT2D eigenvalue weighted by atomic mass is 10.0. The molecule has 7 heteroatoms. The van der Waals surface area contributed by atoms with Crippen molar-refractivity contribution in [3.63, 3.8) is 0 Å². The van der Waals surface area contributed by atoms with Crippen LogP contribution in [0.15, 0.2) is 83.7 Å². The number of fused-ring (bicyclic) bond motifs is 1. The average molecular weight is 444 g/mol. The van der Waals surface area contributed by atoms with E-state index in [1.807, 2.05) is 54.6 Å². The number of rotatable bonds is 5. The lowest BCUT2D eigenvalue weighted by Gasteiger charge is -2.25. The highest BCUT2D eigenvalue weighted by Crippen LogP contribution is 2.36. The lowest BCUT2D eigenvalue weighted by Crippen LogP contribution is -2.36. The highest BCUT2D eigenvalue weighted by molar-refractivity contribution is 5.82. The van der Waals surface area contributed by atoms with Gasteiger partial charge in [0.1, 0.15) is 17.3 Å². The number of carboxylic acids is 1. The van der Waals surface area contributed by atoms with Crippen molar-refractivity contribution in [3.05, 3.63) is 95.0 Å². The number of ether oxygens (including phenoxy) is 1. The molecule has 1 aliphatic rings. The van der Waals surface area contributed by atoms with Gasteiger partial charge in [0.2, 0.25) is 0 Å². The first-order valence-electron chi connectivity index (χ1n) is 10.7. The van der Waals surface area contributed by atoms with E-state index in [9.17, 15) is 19.1 Å². The average Bonchev–Trinajstić information content (AvgIpc) is 3.13. The summed E-state index contributed by atoms with van der Waals surface area (Å²) in [4.78, 5) is 25.5. The smallest absolute Gasteiger partial charge is 0.328 e. The molecule has 0 spiro atoms. The number of hydrogen-bond donors (Lipinski definition) is 1. The topological polar surface area (TPSA) is 73.5 Å². The molecule has 33 heavy (non-hydrogen) atoms. The summed E-state index contributed by atoms with van der Waals surface area (Å²) in [6.45, 7) is 0.499. The van der Waals surface area contributed by atoms with Gasteiger partial charge in [-0.3, -0.25) is 9.48 Å². The van der Waals surface area contributed by atoms with E-state index in [4.69, 9.17) is 4.74 Å². The Morgan fingerprint density at radius 1 is 0.939 bits per heavy atom. The summed E-state index contributed by atoms with van der Waals surface area (Å²) in [5.74, 6) is -0.197. The van der Waals surface area contributed by atoms with Crippen molar-refractivity contribution < 1.29 is 19.0 Å². The van der Waals surface area contributed by atoms with Crippen molar-refractivity contribution in [3.8, 4) is 33.9 Å². The van der Waals surface area contributed by atoms with Gasteiger partial charge in [0.15, 0.2) is 6.04 Å². The maximum Gasteiger partial charge on any atom is 0.328 e. The van der Waals surface area contributed by atoms with Crippen LogP contribution in [0.25, 0.3) is 22.4 Å². The molecule has 0 fully saturated rings. The summed E-state index contributed by atoms with van der Waals surface area (Å²) >= 11 is 0. The van der Waals surface area contributed by atoms with Gasteiger partial charge in [-0.25, -0.2) is 13.9 Å². The van der Waals surface area contributed by atoms with E-state index in [1.54, 1.807) is 16.8 Å². The van der Waals surface area contributed by atoms with E-state index in [0.717, 1.165) is 0 Å². The molecule has 166 valence electrons. The van der Waals surface area contributed by atoms with Gasteiger partial charge in [-0.15, -0.1) is 0 Å². The summed E-state index contributed by atoms with van der Waals surface area (Å²) in [6.07, 6.45) is 1.000. The maximum atomic E-state index is 13.6. The van der Waals surface area contributed by atoms with Crippen LogP contribution >= 0.6 is 0 Å². The van der Waals surface area contributed by atoms with Crippen LogP contribution in [-0.2, 0) is 11.3 Å². The van der Waals surface area contributed by atoms with Crippen LogP contribution in [0.4, 0.5) is 4.39 Å². The fraction of sp³-hybridized carbons (Fsp3) is 0.154. The second-order valence-electron chi connectivity index (χ2n) is 7.94. The molecule has 0 bridgehead atoms. The molecule has 0 radical (unpaired) electrons. The standard InChI is InChI=1S/C26H21FN2O4/c27-19-13-11-17(12-14-19)23-24(28-15-5-10-22(26(31)32)29(28)25(23)30)18-6-4-9-21(16-18)33-20-7-2-1-3-8-20/h1-4,6-9,11-14,16,22H,5,10,15H2,(H,31,32). The van der Waals surface area contributed by atoms with Crippen LogP contribution in [0.5, 0.6) is 11.5 Å². The quantitative estimate of drug-likeness (QED) is 0.451. The number of hydrogen-bond acceptors (Lipinski definition) is 3. The Balaban J connectivity index is 1.71. The Labute approximate surface area is 189 Å². The van der Waals surface area contributed by atoms with Gasteiger partial charge >= 0.3 is 5.97 Å². The lowest BCUT2D eigenvalue weighted by molar-refractivity contribution is -0.142. The number of halogens is 1. The van der Waals surface area contributed by atoms with E-state index in [-0.39, 0.29) is 0 Å². The second-order valence-corrected chi connectivity index (χ2v) is 7.94. The third-order valence-electron chi connectivity index (χ3n) is 5.82. The van der Waals surface area contributed by atoms with Gasteiger partial charge in [-0.2, -0.15) is 0 Å². The number of carboxylic acid groups (broad SMARTS) is 1. The molecule has 6 nitrogen and oxygen atoms in total. The molecule has 0 saturated heterocycles. The van der Waals surface area contributed by atoms with Crippen molar-refractivity contribution in [2.24, 2.45) is 0 Å². The molecule has 4 aromatic rings. The second kappa shape index (κ2) is 8.43. The first kappa shape index (κ1) is 20.8. The molecule has 5 rings (SSSR count). The van der Waals surface area contributed by atoms with Gasteiger partial charge in [0, 0.05) is 12.1 Å². The molecule has 0 amide bonds. The molecular weight excluding hydrogens is 423 g/mol. The molecule has 0 aliphatic carbocycles. The molecule has 1 atom stereocenters. The zero-order valence-electron chi connectivity index (χ0n) is 17.6. The highest BCUT2D eigenvalue weighted by Gasteiger charge is 2.33. The van der Waals surface area contributed by atoms with E-state index in [2.05, 4.69) is 0 Å². The summed E-state index contributed by atoms with van der Waals surface area (Å²) in [7, 11) is 0. The molecule has 1 aromatic heterocycles. The SMILES string of the molecule is O=C(O)C1CCCn2c(-c3cccc(Oc4ccccc4)c3)c(-c3ccc(F)cc3)c(=O)n21. The number of para-hydroxylation sites is 1. The van der Waals surface area contributed by atoms with Crippen LogP contribution in [0, 0.1) is 5.82 Å². The van der Waals surface area contributed by atoms with E-state index < -0.39 is 23.4 Å².